The average Bonchev–Trinajstić information content (AvgIpc) is 2.08. The topological polar surface area (TPSA) is 55.0 Å². The molecule has 0 spiro atoms. The van der Waals surface area contributed by atoms with Gasteiger partial charge in [-0.05, 0) is 25.5 Å². The van der Waals surface area contributed by atoms with Gasteiger partial charge in [0.15, 0.2) is 5.82 Å². The predicted octanol–water partition coefficient (Wildman–Crippen LogP) is 0.322. The van der Waals surface area contributed by atoms with Gasteiger partial charge in [0.2, 0.25) is 0 Å². The summed E-state index contributed by atoms with van der Waals surface area (Å²) in [6.45, 7) is 3.70. The lowest BCUT2D eigenvalue weighted by atomic mass is 10.0. The van der Waals surface area contributed by atoms with Crippen LogP contribution in [0.3, 0.4) is 0 Å². The number of aromatic nitrogens is 2. The molecule has 2 heterocycles. The summed E-state index contributed by atoms with van der Waals surface area (Å²) in [5, 5.41) is 8.14. The van der Waals surface area contributed by atoms with Gasteiger partial charge >= 0.3 is 0 Å². The van der Waals surface area contributed by atoms with Gasteiger partial charge in [0, 0.05) is 19.1 Å². The first-order chi connectivity index (χ1) is 6.31. The minimum absolute atomic E-state index is 0.469. The molecule has 1 aromatic rings. The molecule has 0 bridgehead atoms. The fourth-order valence-corrected chi connectivity index (χ4v) is 1.53. The van der Waals surface area contributed by atoms with E-state index in [2.05, 4.69) is 15.1 Å². The Bertz CT molecular complexity index is 280. The van der Waals surface area contributed by atoms with Crippen molar-refractivity contribution in [2.75, 3.05) is 18.0 Å². The first-order valence-corrected chi connectivity index (χ1v) is 4.58. The first kappa shape index (κ1) is 8.44. The summed E-state index contributed by atoms with van der Waals surface area (Å²) in [4.78, 5) is 2.20. The van der Waals surface area contributed by atoms with E-state index in [0.717, 1.165) is 18.1 Å². The number of nitrogens with zero attached hydrogens (tertiary/aromatic N) is 3. The van der Waals surface area contributed by atoms with Crippen LogP contribution in [0.25, 0.3) is 0 Å². The smallest absolute Gasteiger partial charge is 0.151 e. The molecule has 0 amide bonds. The second-order valence-corrected chi connectivity index (χ2v) is 3.40. The van der Waals surface area contributed by atoms with Gasteiger partial charge in [-0.15, -0.1) is 5.10 Å². The van der Waals surface area contributed by atoms with Crippen molar-refractivity contribution >= 4 is 5.82 Å². The Morgan fingerprint density at radius 3 is 2.85 bits per heavy atom. The van der Waals surface area contributed by atoms with E-state index >= 15 is 0 Å². The number of hydrogen-bond donors (Lipinski definition) is 1. The van der Waals surface area contributed by atoms with E-state index in [0.29, 0.717) is 12.6 Å². The van der Waals surface area contributed by atoms with Crippen LogP contribution in [0.5, 0.6) is 0 Å². The monoisotopic (exact) mass is 178 g/mol. The van der Waals surface area contributed by atoms with Crippen LogP contribution >= 0.6 is 0 Å². The Morgan fingerprint density at radius 1 is 1.54 bits per heavy atom. The van der Waals surface area contributed by atoms with Crippen molar-refractivity contribution in [1.82, 2.24) is 10.2 Å². The molecule has 1 saturated heterocycles. The van der Waals surface area contributed by atoms with Gasteiger partial charge in [0.05, 0.1) is 5.69 Å². The zero-order valence-electron chi connectivity index (χ0n) is 7.77. The number of nitrogens with two attached hydrogens (primary N) is 1. The normalized spacial score (nSPS) is 21.4. The lowest BCUT2D eigenvalue weighted by molar-refractivity contribution is 0.450. The number of hydrogen-bond acceptors (Lipinski definition) is 4. The summed E-state index contributed by atoms with van der Waals surface area (Å²) < 4.78 is 0. The minimum atomic E-state index is 0.469. The van der Waals surface area contributed by atoms with E-state index < -0.39 is 0 Å². The SMILES string of the molecule is Cc1ccc(N2CCC2CN)nn1. The largest absolute Gasteiger partial charge is 0.351 e. The van der Waals surface area contributed by atoms with Gasteiger partial charge in [-0.2, -0.15) is 5.10 Å². The van der Waals surface area contributed by atoms with E-state index in [1.54, 1.807) is 0 Å². The highest BCUT2D eigenvalue weighted by molar-refractivity contribution is 5.42. The standard InChI is InChI=1S/C9H14N4/c1-7-2-3-9(12-11-7)13-5-4-8(13)6-10/h2-3,8H,4-6,10H2,1H3. The maximum absolute atomic E-state index is 5.60. The van der Waals surface area contributed by atoms with E-state index in [1.165, 1.54) is 6.42 Å². The summed E-state index contributed by atoms with van der Waals surface area (Å²) in [6, 6.07) is 4.45. The Kier molecular flexibility index (Phi) is 2.14. The van der Waals surface area contributed by atoms with Crippen LogP contribution in [0.2, 0.25) is 0 Å². The van der Waals surface area contributed by atoms with Crippen LogP contribution in [0.15, 0.2) is 12.1 Å². The molecule has 2 rings (SSSR count). The molecule has 4 heteroatoms. The summed E-state index contributed by atoms with van der Waals surface area (Å²) in [5.41, 5.74) is 6.55. The summed E-state index contributed by atoms with van der Waals surface area (Å²) in [5.74, 6) is 0.951. The molecule has 4 nitrogen and oxygen atoms in total. The average molecular weight is 178 g/mol. The Hall–Kier alpha value is -1.16. The third kappa shape index (κ3) is 1.49. The fourth-order valence-electron chi connectivity index (χ4n) is 1.53. The summed E-state index contributed by atoms with van der Waals surface area (Å²) in [7, 11) is 0. The molecule has 0 radical (unpaired) electrons. The van der Waals surface area contributed by atoms with Gasteiger partial charge in [0.1, 0.15) is 0 Å². The van der Waals surface area contributed by atoms with Gasteiger partial charge in [-0.25, -0.2) is 0 Å². The molecule has 1 aliphatic rings. The number of rotatable bonds is 2. The molecule has 0 saturated carbocycles. The van der Waals surface area contributed by atoms with Crippen molar-refractivity contribution in [1.29, 1.82) is 0 Å². The number of aryl methyl sites for hydroxylation is 1. The second kappa shape index (κ2) is 3.30. The van der Waals surface area contributed by atoms with Crippen LogP contribution in [-0.2, 0) is 0 Å². The Labute approximate surface area is 77.8 Å². The van der Waals surface area contributed by atoms with Crippen molar-refractivity contribution in [2.45, 2.75) is 19.4 Å². The molecule has 13 heavy (non-hydrogen) atoms. The highest BCUT2D eigenvalue weighted by Gasteiger charge is 2.27. The maximum Gasteiger partial charge on any atom is 0.151 e. The molecule has 70 valence electrons. The Balaban J connectivity index is 2.12. The minimum Gasteiger partial charge on any atom is -0.351 e. The van der Waals surface area contributed by atoms with Crippen molar-refractivity contribution in [3.63, 3.8) is 0 Å². The van der Waals surface area contributed by atoms with E-state index in [4.69, 9.17) is 5.73 Å². The van der Waals surface area contributed by atoms with Crippen molar-refractivity contribution in [3.05, 3.63) is 17.8 Å². The van der Waals surface area contributed by atoms with Crippen molar-refractivity contribution in [3.8, 4) is 0 Å². The summed E-state index contributed by atoms with van der Waals surface area (Å²) >= 11 is 0. The van der Waals surface area contributed by atoms with Crippen molar-refractivity contribution < 1.29 is 0 Å². The zero-order chi connectivity index (χ0) is 9.26. The van der Waals surface area contributed by atoms with Crippen LogP contribution in [-0.4, -0.2) is 29.3 Å². The molecular formula is C9H14N4. The molecule has 1 fully saturated rings. The second-order valence-electron chi connectivity index (χ2n) is 3.40. The lowest BCUT2D eigenvalue weighted by Crippen LogP contribution is -2.52. The maximum atomic E-state index is 5.60. The molecule has 1 unspecified atom stereocenters. The van der Waals surface area contributed by atoms with E-state index in [9.17, 15) is 0 Å². The van der Waals surface area contributed by atoms with Crippen LogP contribution in [0.1, 0.15) is 12.1 Å². The molecular weight excluding hydrogens is 164 g/mol. The van der Waals surface area contributed by atoms with E-state index in [1.807, 2.05) is 19.1 Å². The van der Waals surface area contributed by atoms with Crippen molar-refractivity contribution in [2.24, 2.45) is 5.73 Å². The van der Waals surface area contributed by atoms with Crippen LogP contribution in [0.4, 0.5) is 5.82 Å². The third-order valence-corrected chi connectivity index (χ3v) is 2.49. The van der Waals surface area contributed by atoms with E-state index in [-0.39, 0.29) is 0 Å². The zero-order valence-corrected chi connectivity index (χ0v) is 7.77. The predicted molar refractivity (Wildman–Crippen MR) is 51.6 cm³/mol. The van der Waals surface area contributed by atoms with Gasteiger partial charge in [-0.1, -0.05) is 0 Å². The Morgan fingerprint density at radius 2 is 2.38 bits per heavy atom. The first-order valence-electron chi connectivity index (χ1n) is 4.58. The molecule has 1 aliphatic heterocycles. The quantitative estimate of drug-likeness (QED) is 0.708. The molecule has 0 aliphatic carbocycles. The lowest BCUT2D eigenvalue weighted by Gasteiger charge is -2.40. The summed E-state index contributed by atoms with van der Waals surface area (Å²) in [6.07, 6.45) is 1.17. The van der Waals surface area contributed by atoms with Crippen LogP contribution in [0, 0.1) is 6.92 Å². The number of anilines is 1. The molecule has 1 atom stereocenters. The highest BCUT2D eigenvalue weighted by atomic mass is 15.3. The highest BCUT2D eigenvalue weighted by Crippen LogP contribution is 2.22. The fraction of sp³-hybridized carbons (Fsp3) is 0.556. The molecule has 2 N–H and O–H groups in total. The van der Waals surface area contributed by atoms with Gasteiger partial charge < -0.3 is 10.6 Å². The third-order valence-electron chi connectivity index (χ3n) is 2.49. The van der Waals surface area contributed by atoms with Crippen LogP contribution < -0.4 is 10.6 Å². The molecule has 0 aromatic carbocycles. The van der Waals surface area contributed by atoms with Gasteiger partial charge in [0.25, 0.3) is 0 Å². The van der Waals surface area contributed by atoms with Gasteiger partial charge in [-0.3, -0.25) is 0 Å². The molecule has 1 aromatic heterocycles.